The third kappa shape index (κ3) is 4.45. The first kappa shape index (κ1) is 20.2. The molecule has 0 spiro atoms. The van der Waals surface area contributed by atoms with Gasteiger partial charge in [-0.25, -0.2) is 0 Å². The Balaban J connectivity index is 1.72. The molecule has 7 nitrogen and oxygen atoms in total. The number of nitrogens with zero attached hydrogens (tertiary/aromatic N) is 4. The van der Waals surface area contributed by atoms with Crippen molar-refractivity contribution in [2.75, 3.05) is 12.4 Å². The van der Waals surface area contributed by atoms with Gasteiger partial charge in [0.05, 0.1) is 23.1 Å². The van der Waals surface area contributed by atoms with Crippen molar-refractivity contribution in [2.45, 2.75) is 31.2 Å². The van der Waals surface area contributed by atoms with E-state index < -0.39 is 5.25 Å². The lowest BCUT2D eigenvalue weighted by Crippen LogP contribution is -2.23. The fourth-order valence-corrected chi connectivity index (χ4v) is 3.54. The fourth-order valence-electron chi connectivity index (χ4n) is 2.47. The Morgan fingerprint density at radius 2 is 2.00 bits per heavy atom. The highest BCUT2D eigenvalue weighted by Crippen LogP contribution is 2.28. The van der Waals surface area contributed by atoms with Crippen LogP contribution in [0.3, 0.4) is 0 Å². The van der Waals surface area contributed by atoms with Gasteiger partial charge in [0.15, 0.2) is 0 Å². The molecule has 3 rings (SSSR count). The lowest BCUT2D eigenvalue weighted by atomic mass is 10.1. The molecule has 9 heteroatoms. The molecule has 1 N–H and O–H groups in total. The third-order valence-corrected chi connectivity index (χ3v) is 5.58. The average molecular weight is 418 g/mol. The molecule has 1 heterocycles. The number of ether oxygens (including phenoxy) is 1. The molecule has 0 aliphatic rings. The van der Waals surface area contributed by atoms with Gasteiger partial charge < -0.3 is 10.1 Å². The van der Waals surface area contributed by atoms with Crippen molar-refractivity contribution in [1.29, 1.82) is 0 Å². The van der Waals surface area contributed by atoms with E-state index in [-0.39, 0.29) is 5.91 Å². The molecule has 0 aliphatic heterocycles. The number of amides is 1. The van der Waals surface area contributed by atoms with E-state index in [9.17, 15) is 4.79 Å². The van der Waals surface area contributed by atoms with E-state index in [0.29, 0.717) is 21.6 Å². The van der Waals surface area contributed by atoms with E-state index in [2.05, 4.69) is 20.8 Å². The smallest absolute Gasteiger partial charge is 0.237 e. The molecule has 1 aromatic heterocycles. The van der Waals surface area contributed by atoms with Crippen LogP contribution in [0.5, 0.6) is 5.75 Å². The summed E-state index contributed by atoms with van der Waals surface area (Å²) in [5.41, 5.74) is 3.78. The second kappa shape index (κ2) is 8.62. The Bertz CT molecular complexity index is 1010. The van der Waals surface area contributed by atoms with Crippen LogP contribution in [0.15, 0.2) is 41.6 Å². The highest BCUT2D eigenvalue weighted by molar-refractivity contribution is 8.00. The van der Waals surface area contributed by atoms with Crippen LogP contribution in [0.2, 0.25) is 5.02 Å². The SMILES string of the molecule is COc1ccc(NC(=O)C(C)Sc2nnnn2-c2ccc(C)c(C)c2)cc1Cl. The topological polar surface area (TPSA) is 81.9 Å². The van der Waals surface area contributed by atoms with Crippen molar-refractivity contribution in [1.82, 2.24) is 20.2 Å². The molecule has 3 aromatic rings. The summed E-state index contributed by atoms with van der Waals surface area (Å²) >= 11 is 7.39. The number of aryl methyl sites for hydroxylation is 2. The van der Waals surface area contributed by atoms with Crippen LogP contribution < -0.4 is 10.1 Å². The first-order valence-corrected chi connectivity index (χ1v) is 9.82. The Hall–Kier alpha value is -2.58. The minimum atomic E-state index is -0.419. The Kier molecular flexibility index (Phi) is 6.21. The molecule has 0 saturated heterocycles. The van der Waals surface area contributed by atoms with Gasteiger partial charge in [-0.1, -0.05) is 29.4 Å². The molecule has 0 aliphatic carbocycles. The molecular weight excluding hydrogens is 398 g/mol. The van der Waals surface area contributed by atoms with Gasteiger partial charge in [0.2, 0.25) is 11.1 Å². The number of benzene rings is 2. The van der Waals surface area contributed by atoms with Crippen molar-refractivity contribution in [3.05, 3.63) is 52.5 Å². The third-order valence-electron chi connectivity index (χ3n) is 4.25. The number of tetrazole rings is 1. The number of anilines is 1. The molecule has 2 aromatic carbocycles. The number of rotatable bonds is 6. The lowest BCUT2D eigenvalue weighted by molar-refractivity contribution is -0.115. The van der Waals surface area contributed by atoms with Gasteiger partial charge in [-0.3, -0.25) is 4.79 Å². The summed E-state index contributed by atoms with van der Waals surface area (Å²) in [4.78, 5) is 12.6. The molecule has 146 valence electrons. The van der Waals surface area contributed by atoms with E-state index in [1.807, 2.05) is 32.0 Å². The first-order chi connectivity index (χ1) is 13.4. The predicted octanol–water partition coefficient (Wildman–Crippen LogP) is 4.06. The number of nitrogens with one attached hydrogen (secondary N) is 1. The summed E-state index contributed by atoms with van der Waals surface area (Å²) in [7, 11) is 1.54. The number of carbonyl (C=O) groups is 1. The minimum Gasteiger partial charge on any atom is -0.495 e. The highest BCUT2D eigenvalue weighted by atomic mass is 35.5. The zero-order chi connectivity index (χ0) is 20.3. The van der Waals surface area contributed by atoms with Gasteiger partial charge >= 0.3 is 0 Å². The number of hydrogen-bond acceptors (Lipinski definition) is 6. The quantitative estimate of drug-likeness (QED) is 0.609. The normalized spacial score (nSPS) is 11.9. The van der Waals surface area contributed by atoms with E-state index in [4.69, 9.17) is 16.3 Å². The summed E-state index contributed by atoms with van der Waals surface area (Å²) in [5.74, 6) is 0.371. The second-order valence-electron chi connectivity index (χ2n) is 6.24. The summed E-state index contributed by atoms with van der Waals surface area (Å²) in [6, 6.07) is 11.1. The van der Waals surface area contributed by atoms with Crippen molar-refractivity contribution >= 4 is 35.0 Å². The first-order valence-electron chi connectivity index (χ1n) is 8.56. The molecular formula is C19H20ClN5O2S. The second-order valence-corrected chi connectivity index (χ2v) is 7.96. The van der Waals surface area contributed by atoms with Crippen LogP contribution in [0.25, 0.3) is 5.69 Å². The van der Waals surface area contributed by atoms with Crippen LogP contribution in [0, 0.1) is 13.8 Å². The molecule has 0 saturated carbocycles. The summed E-state index contributed by atoms with van der Waals surface area (Å²) < 4.78 is 6.75. The maximum atomic E-state index is 12.6. The Morgan fingerprint density at radius 3 is 2.68 bits per heavy atom. The van der Waals surface area contributed by atoms with Crippen LogP contribution >= 0.6 is 23.4 Å². The number of methoxy groups -OCH3 is 1. The molecule has 1 amide bonds. The van der Waals surface area contributed by atoms with Gasteiger partial charge in [-0.2, -0.15) is 4.68 Å². The fraction of sp³-hybridized carbons (Fsp3) is 0.263. The van der Waals surface area contributed by atoms with Crippen molar-refractivity contribution in [3.63, 3.8) is 0 Å². The van der Waals surface area contributed by atoms with E-state index in [1.165, 1.54) is 24.4 Å². The van der Waals surface area contributed by atoms with Crippen LogP contribution in [0.4, 0.5) is 5.69 Å². The predicted molar refractivity (Wildman–Crippen MR) is 111 cm³/mol. The Labute approximate surface area is 172 Å². The maximum absolute atomic E-state index is 12.6. The molecule has 0 fully saturated rings. The summed E-state index contributed by atoms with van der Waals surface area (Å²) in [6.07, 6.45) is 0. The van der Waals surface area contributed by atoms with Crippen LogP contribution in [-0.2, 0) is 4.79 Å². The molecule has 0 radical (unpaired) electrons. The zero-order valence-corrected chi connectivity index (χ0v) is 17.5. The minimum absolute atomic E-state index is 0.180. The lowest BCUT2D eigenvalue weighted by Gasteiger charge is -2.13. The van der Waals surface area contributed by atoms with E-state index in [1.54, 1.807) is 29.8 Å². The van der Waals surface area contributed by atoms with Gasteiger partial charge in [0.25, 0.3) is 0 Å². The Morgan fingerprint density at radius 1 is 1.21 bits per heavy atom. The molecule has 28 heavy (non-hydrogen) atoms. The maximum Gasteiger partial charge on any atom is 0.237 e. The van der Waals surface area contributed by atoms with Crippen molar-refractivity contribution in [3.8, 4) is 11.4 Å². The van der Waals surface area contributed by atoms with E-state index >= 15 is 0 Å². The van der Waals surface area contributed by atoms with Crippen LogP contribution in [-0.4, -0.2) is 38.5 Å². The van der Waals surface area contributed by atoms with Crippen LogP contribution in [0.1, 0.15) is 18.1 Å². The monoisotopic (exact) mass is 417 g/mol. The van der Waals surface area contributed by atoms with Crippen molar-refractivity contribution in [2.24, 2.45) is 0 Å². The largest absolute Gasteiger partial charge is 0.495 e. The number of aromatic nitrogens is 4. The zero-order valence-electron chi connectivity index (χ0n) is 15.9. The van der Waals surface area contributed by atoms with Gasteiger partial charge in [-0.15, -0.1) is 5.10 Å². The number of halogens is 1. The standard InChI is InChI=1S/C19H20ClN5O2S/c1-11-5-7-15(9-12(11)2)25-19(22-23-24-25)28-13(3)18(26)21-14-6-8-17(27-4)16(20)10-14/h5-10,13H,1-4H3,(H,21,26). The number of thioether (sulfide) groups is 1. The van der Waals surface area contributed by atoms with Gasteiger partial charge in [0, 0.05) is 5.69 Å². The number of hydrogen-bond donors (Lipinski definition) is 1. The average Bonchev–Trinajstić information content (AvgIpc) is 3.12. The molecule has 0 bridgehead atoms. The van der Waals surface area contributed by atoms with E-state index in [0.717, 1.165) is 11.3 Å². The molecule has 1 unspecified atom stereocenters. The summed E-state index contributed by atoms with van der Waals surface area (Å²) in [6.45, 7) is 5.88. The van der Waals surface area contributed by atoms with Gasteiger partial charge in [-0.05, 0) is 72.7 Å². The van der Waals surface area contributed by atoms with Crippen molar-refractivity contribution < 1.29 is 9.53 Å². The number of carbonyl (C=O) groups excluding carboxylic acids is 1. The molecule has 1 atom stereocenters. The summed E-state index contributed by atoms with van der Waals surface area (Å²) in [5, 5.41) is 15.3. The highest BCUT2D eigenvalue weighted by Gasteiger charge is 2.20. The van der Waals surface area contributed by atoms with Gasteiger partial charge in [0.1, 0.15) is 5.75 Å².